The van der Waals surface area contributed by atoms with E-state index in [2.05, 4.69) is 20.9 Å². The second-order valence-electron chi connectivity index (χ2n) is 5.70. The summed E-state index contributed by atoms with van der Waals surface area (Å²) in [5, 5.41) is 19.5. The first-order chi connectivity index (χ1) is 11.3. The maximum Gasteiger partial charge on any atom is 0.146 e. The van der Waals surface area contributed by atoms with Crippen LogP contribution in [0.2, 0.25) is 0 Å². The summed E-state index contributed by atoms with van der Waals surface area (Å²) >= 11 is 0. The van der Waals surface area contributed by atoms with E-state index < -0.39 is 6.10 Å². The monoisotopic (exact) mass is 308 g/mol. The Kier molecular flexibility index (Phi) is 4.86. The van der Waals surface area contributed by atoms with Gasteiger partial charge in [0.15, 0.2) is 0 Å². The van der Waals surface area contributed by atoms with Crippen LogP contribution in [-0.4, -0.2) is 47.7 Å². The summed E-state index contributed by atoms with van der Waals surface area (Å²) in [7, 11) is 0. The predicted octanol–water partition coefficient (Wildman–Crippen LogP) is 1.81. The Balaban J connectivity index is 1.58. The molecule has 0 unspecified atom stereocenters. The molecule has 0 spiro atoms. The molecule has 1 saturated heterocycles. The topological polar surface area (TPSA) is 63.4 Å². The Morgan fingerprint density at radius 2 is 1.83 bits per heavy atom. The number of piperazine rings is 1. The fraction of sp³-hybridized carbons (Fsp3) is 0.333. The number of aromatic nitrogens is 1. The highest BCUT2D eigenvalue weighted by Gasteiger charge is 2.22. The van der Waals surface area contributed by atoms with Crippen molar-refractivity contribution < 1.29 is 5.11 Å². The molecule has 5 nitrogen and oxygen atoms in total. The van der Waals surface area contributed by atoms with Crippen molar-refractivity contribution in [3.8, 4) is 6.07 Å². The van der Waals surface area contributed by atoms with Gasteiger partial charge in [-0.25, -0.2) is 4.98 Å². The molecular weight excluding hydrogens is 288 g/mol. The van der Waals surface area contributed by atoms with Gasteiger partial charge in [-0.15, -0.1) is 0 Å². The largest absolute Gasteiger partial charge is 0.387 e. The second kappa shape index (κ2) is 7.23. The Labute approximate surface area is 136 Å². The summed E-state index contributed by atoms with van der Waals surface area (Å²) in [4.78, 5) is 8.74. The third kappa shape index (κ3) is 3.67. The SMILES string of the molecule is N#Cc1cccnc1N1CCN(C[C@@H](O)c2ccccc2)CC1. The van der Waals surface area contributed by atoms with E-state index in [-0.39, 0.29) is 0 Å². The van der Waals surface area contributed by atoms with Crippen LogP contribution in [0.25, 0.3) is 0 Å². The van der Waals surface area contributed by atoms with Crippen LogP contribution in [0, 0.1) is 11.3 Å². The standard InChI is InChI=1S/C18H20N4O/c19-13-16-7-4-8-20-18(16)22-11-9-21(10-12-22)14-17(23)15-5-2-1-3-6-15/h1-8,17,23H,9-12,14H2/t17-/m1/s1. The van der Waals surface area contributed by atoms with Crippen LogP contribution in [0.1, 0.15) is 17.2 Å². The number of nitrogens with zero attached hydrogens (tertiary/aromatic N) is 4. The molecule has 0 radical (unpaired) electrons. The summed E-state index contributed by atoms with van der Waals surface area (Å²) in [6, 6.07) is 15.5. The lowest BCUT2D eigenvalue weighted by atomic mass is 10.1. The number of nitriles is 1. The molecule has 118 valence electrons. The Morgan fingerprint density at radius 1 is 1.09 bits per heavy atom. The van der Waals surface area contributed by atoms with Crippen molar-refractivity contribution in [2.24, 2.45) is 0 Å². The minimum absolute atomic E-state index is 0.465. The molecule has 2 aromatic rings. The number of aliphatic hydroxyl groups excluding tert-OH is 1. The number of β-amino-alcohol motifs (C(OH)–C–C–N with tert-alkyl or cyclic N) is 1. The van der Waals surface area contributed by atoms with Gasteiger partial charge in [0.05, 0.1) is 11.7 Å². The summed E-state index contributed by atoms with van der Waals surface area (Å²) in [5.74, 6) is 0.762. The highest BCUT2D eigenvalue weighted by molar-refractivity contribution is 5.53. The summed E-state index contributed by atoms with van der Waals surface area (Å²) in [6.45, 7) is 3.96. The molecule has 23 heavy (non-hydrogen) atoms. The fourth-order valence-electron chi connectivity index (χ4n) is 2.90. The lowest BCUT2D eigenvalue weighted by molar-refractivity contribution is 0.109. The first-order valence-corrected chi connectivity index (χ1v) is 7.83. The molecule has 1 aromatic heterocycles. The molecular formula is C18H20N4O. The van der Waals surface area contributed by atoms with Gasteiger partial charge in [0.1, 0.15) is 11.9 Å². The quantitative estimate of drug-likeness (QED) is 0.933. The molecule has 2 heterocycles. The summed E-state index contributed by atoms with van der Waals surface area (Å²) in [6.07, 6.45) is 1.26. The second-order valence-corrected chi connectivity index (χ2v) is 5.70. The van der Waals surface area contributed by atoms with Crippen molar-refractivity contribution in [1.29, 1.82) is 5.26 Å². The van der Waals surface area contributed by atoms with E-state index in [1.165, 1.54) is 0 Å². The number of aliphatic hydroxyl groups is 1. The van der Waals surface area contributed by atoms with Crippen molar-refractivity contribution >= 4 is 5.82 Å². The zero-order valence-corrected chi connectivity index (χ0v) is 13.0. The zero-order valence-electron chi connectivity index (χ0n) is 13.0. The van der Waals surface area contributed by atoms with Crippen LogP contribution >= 0.6 is 0 Å². The molecule has 1 atom stereocenters. The van der Waals surface area contributed by atoms with E-state index >= 15 is 0 Å². The van der Waals surface area contributed by atoms with Crippen molar-refractivity contribution in [2.75, 3.05) is 37.6 Å². The van der Waals surface area contributed by atoms with Crippen LogP contribution in [0.4, 0.5) is 5.82 Å². The highest BCUT2D eigenvalue weighted by Crippen LogP contribution is 2.19. The number of benzene rings is 1. The third-order valence-electron chi connectivity index (χ3n) is 4.19. The van der Waals surface area contributed by atoms with Gasteiger partial charge in [0.25, 0.3) is 0 Å². The minimum Gasteiger partial charge on any atom is -0.387 e. The smallest absolute Gasteiger partial charge is 0.146 e. The average molecular weight is 308 g/mol. The van der Waals surface area contributed by atoms with Gasteiger partial charge in [-0.3, -0.25) is 4.90 Å². The molecule has 1 fully saturated rings. The van der Waals surface area contributed by atoms with Gasteiger partial charge < -0.3 is 10.0 Å². The lowest BCUT2D eigenvalue weighted by Gasteiger charge is -2.36. The van der Waals surface area contributed by atoms with Crippen molar-refractivity contribution in [3.63, 3.8) is 0 Å². The molecule has 5 heteroatoms. The van der Waals surface area contributed by atoms with Crippen LogP contribution in [0.5, 0.6) is 0 Å². The van der Waals surface area contributed by atoms with E-state index in [9.17, 15) is 10.4 Å². The Hall–Kier alpha value is -2.42. The van der Waals surface area contributed by atoms with Crippen molar-refractivity contribution in [2.45, 2.75) is 6.10 Å². The molecule has 1 aliphatic rings. The van der Waals surface area contributed by atoms with Gasteiger partial charge >= 0.3 is 0 Å². The third-order valence-corrected chi connectivity index (χ3v) is 4.19. The molecule has 0 amide bonds. The van der Waals surface area contributed by atoms with E-state index in [4.69, 9.17) is 0 Å². The predicted molar refractivity (Wildman–Crippen MR) is 89.0 cm³/mol. The Bertz CT molecular complexity index is 675. The number of rotatable bonds is 4. The molecule has 0 aliphatic carbocycles. The maximum atomic E-state index is 10.3. The van der Waals surface area contributed by atoms with E-state index in [0.717, 1.165) is 37.6 Å². The van der Waals surface area contributed by atoms with Crippen LogP contribution in [-0.2, 0) is 0 Å². The van der Waals surface area contributed by atoms with Gasteiger partial charge in [-0.2, -0.15) is 5.26 Å². The lowest BCUT2D eigenvalue weighted by Crippen LogP contribution is -2.48. The average Bonchev–Trinajstić information content (AvgIpc) is 2.63. The fourth-order valence-corrected chi connectivity index (χ4v) is 2.90. The normalized spacial score (nSPS) is 16.8. The molecule has 1 N–H and O–H groups in total. The van der Waals surface area contributed by atoms with Crippen molar-refractivity contribution in [3.05, 3.63) is 59.8 Å². The number of anilines is 1. The van der Waals surface area contributed by atoms with Gasteiger partial charge in [-0.1, -0.05) is 30.3 Å². The molecule has 0 saturated carbocycles. The number of pyridine rings is 1. The minimum atomic E-state index is -0.465. The highest BCUT2D eigenvalue weighted by atomic mass is 16.3. The number of hydrogen-bond acceptors (Lipinski definition) is 5. The Morgan fingerprint density at radius 3 is 2.52 bits per heavy atom. The maximum absolute atomic E-state index is 10.3. The van der Waals surface area contributed by atoms with E-state index in [0.29, 0.717) is 12.1 Å². The first kappa shape index (κ1) is 15.5. The van der Waals surface area contributed by atoms with Crippen LogP contribution in [0.3, 0.4) is 0 Å². The molecule has 0 bridgehead atoms. The molecule has 3 rings (SSSR count). The zero-order chi connectivity index (χ0) is 16.1. The van der Waals surface area contributed by atoms with Gasteiger partial charge in [0, 0.05) is 38.9 Å². The molecule has 1 aliphatic heterocycles. The van der Waals surface area contributed by atoms with Crippen molar-refractivity contribution in [1.82, 2.24) is 9.88 Å². The van der Waals surface area contributed by atoms with E-state index in [1.54, 1.807) is 18.3 Å². The molecule has 1 aromatic carbocycles. The summed E-state index contributed by atoms with van der Waals surface area (Å²) in [5.41, 5.74) is 1.57. The van der Waals surface area contributed by atoms with Gasteiger partial charge in [-0.05, 0) is 17.7 Å². The first-order valence-electron chi connectivity index (χ1n) is 7.83. The summed E-state index contributed by atoms with van der Waals surface area (Å²) < 4.78 is 0. The van der Waals surface area contributed by atoms with Gasteiger partial charge in [0.2, 0.25) is 0 Å². The van der Waals surface area contributed by atoms with Crippen LogP contribution < -0.4 is 4.90 Å². The van der Waals surface area contributed by atoms with Crippen LogP contribution in [0.15, 0.2) is 48.7 Å². The number of hydrogen-bond donors (Lipinski definition) is 1. The van der Waals surface area contributed by atoms with E-state index in [1.807, 2.05) is 30.3 Å².